The Labute approximate surface area is 280 Å². The van der Waals surface area contributed by atoms with Gasteiger partial charge in [0.15, 0.2) is 0 Å². The Hall–Kier alpha value is -3.02. The molecule has 8 atom stereocenters. The Balaban J connectivity index is 1.69. The summed E-state index contributed by atoms with van der Waals surface area (Å²) in [6.07, 6.45) is 5.00. The van der Waals surface area contributed by atoms with Crippen LogP contribution in [0.5, 0.6) is 0 Å². The van der Waals surface area contributed by atoms with Crippen molar-refractivity contribution < 1.29 is 33.8 Å². The number of carbonyl (C=O) groups is 4. The topological polar surface area (TPSA) is 117 Å². The Morgan fingerprint density at radius 1 is 1.22 bits per heavy atom. The number of likely N-dealkylation sites (N-methyl/N-ethyl adjacent to an activating group) is 1. The van der Waals surface area contributed by atoms with Crippen molar-refractivity contribution in [3.63, 3.8) is 0 Å². The SMILES string of the molecule is C=CCCC(=O)N(C)[C@H](C)[C@H](OC(=O)[C@H]1[C@@H]2O[C@@]3(CC2Br)[C@@H]1C(=O)N(CCCO)[C@@H]3C(=O)N(CC=C)CCCC)c1ccccc1. The minimum absolute atomic E-state index is 0.105. The van der Waals surface area contributed by atoms with Gasteiger partial charge in [-0.25, -0.2) is 0 Å². The van der Waals surface area contributed by atoms with E-state index in [1.165, 1.54) is 4.90 Å². The van der Waals surface area contributed by atoms with Gasteiger partial charge >= 0.3 is 5.97 Å². The number of hydrogen-bond acceptors (Lipinski definition) is 7. The first-order valence-corrected chi connectivity index (χ1v) is 17.2. The fourth-order valence-corrected chi connectivity index (χ4v) is 8.20. The van der Waals surface area contributed by atoms with Crippen LogP contribution in [-0.2, 0) is 28.7 Å². The van der Waals surface area contributed by atoms with Crippen LogP contribution in [0.15, 0.2) is 55.6 Å². The van der Waals surface area contributed by atoms with Gasteiger partial charge in [0.1, 0.15) is 17.7 Å². The molecule has 3 fully saturated rings. The van der Waals surface area contributed by atoms with Crippen LogP contribution in [0.4, 0.5) is 0 Å². The van der Waals surface area contributed by atoms with Gasteiger partial charge in [-0.3, -0.25) is 19.2 Å². The van der Waals surface area contributed by atoms with Crippen molar-refractivity contribution in [2.24, 2.45) is 11.8 Å². The third-order valence-electron chi connectivity index (χ3n) is 9.67. The Morgan fingerprint density at radius 3 is 2.57 bits per heavy atom. The number of nitrogens with zero attached hydrogens (tertiary/aromatic N) is 3. The number of aliphatic hydroxyl groups excluding tert-OH is 1. The van der Waals surface area contributed by atoms with E-state index in [-0.39, 0.29) is 48.5 Å². The highest BCUT2D eigenvalue weighted by molar-refractivity contribution is 9.09. The quantitative estimate of drug-likeness (QED) is 0.148. The van der Waals surface area contributed by atoms with Crippen molar-refractivity contribution in [2.45, 2.75) is 87.1 Å². The number of amides is 3. The van der Waals surface area contributed by atoms with Gasteiger partial charge in [0.2, 0.25) is 17.7 Å². The largest absolute Gasteiger partial charge is 0.455 e. The number of fused-ring (bicyclic) bond motifs is 1. The number of esters is 1. The molecule has 0 aliphatic carbocycles. The summed E-state index contributed by atoms with van der Waals surface area (Å²) in [5.74, 6) is -3.19. The van der Waals surface area contributed by atoms with Crippen LogP contribution in [0.2, 0.25) is 0 Å². The lowest BCUT2D eigenvalue weighted by molar-refractivity contribution is -0.164. The number of allylic oxidation sites excluding steroid dienone is 1. The molecule has 1 unspecified atom stereocenters. The van der Waals surface area contributed by atoms with Crippen LogP contribution >= 0.6 is 15.9 Å². The van der Waals surface area contributed by atoms with E-state index in [4.69, 9.17) is 9.47 Å². The molecule has 46 heavy (non-hydrogen) atoms. The maximum absolute atomic E-state index is 14.3. The van der Waals surface area contributed by atoms with E-state index < -0.39 is 47.7 Å². The van der Waals surface area contributed by atoms with Crippen molar-refractivity contribution in [3.8, 4) is 0 Å². The summed E-state index contributed by atoms with van der Waals surface area (Å²) >= 11 is 3.72. The zero-order chi connectivity index (χ0) is 33.6. The zero-order valence-corrected chi connectivity index (χ0v) is 28.8. The number of rotatable bonds is 17. The van der Waals surface area contributed by atoms with Crippen LogP contribution in [0.3, 0.4) is 0 Å². The van der Waals surface area contributed by atoms with Gasteiger partial charge < -0.3 is 29.3 Å². The highest BCUT2D eigenvalue weighted by Crippen LogP contribution is 2.60. The fourth-order valence-electron chi connectivity index (χ4n) is 7.25. The first kappa shape index (κ1) is 35.8. The fraction of sp³-hybridized carbons (Fsp3) is 0.600. The van der Waals surface area contributed by atoms with Crippen LogP contribution in [0, 0.1) is 11.8 Å². The monoisotopic (exact) mass is 701 g/mol. The van der Waals surface area contributed by atoms with Crippen molar-refractivity contribution in [3.05, 3.63) is 61.2 Å². The second kappa shape index (κ2) is 15.7. The molecule has 1 spiro atoms. The number of alkyl halides is 1. The third kappa shape index (κ3) is 6.82. The highest BCUT2D eigenvalue weighted by Gasteiger charge is 2.77. The van der Waals surface area contributed by atoms with Crippen LogP contribution in [0.25, 0.3) is 0 Å². The van der Waals surface area contributed by atoms with Crippen molar-refractivity contribution in [1.82, 2.24) is 14.7 Å². The average molecular weight is 703 g/mol. The van der Waals surface area contributed by atoms with Crippen LogP contribution in [0.1, 0.15) is 64.0 Å². The number of hydrogen-bond donors (Lipinski definition) is 1. The number of ether oxygens (including phenoxy) is 2. The Bertz CT molecular complexity index is 1280. The molecule has 3 saturated heterocycles. The van der Waals surface area contributed by atoms with Crippen molar-refractivity contribution in [2.75, 3.05) is 33.3 Å². The van der Waals surface area contributed by atoms with Crippen LogP contribution in [-0.4, -0.2) is 105 Å². The molecule has 0 radical (unpaired) electrons. The molecule has 11 heteroatoms. The van der Waals surface area contributed by atoms with Crippen molar-refractivity contribution >= 4 is 39.6 Å². The number of aliphatic hydroxyl groups is 1. The molecular weight excluding hydrogens is 654 g/mol. The van der Waals surface area contributed by atoms with E-state index in [2.05, 4.69) is 29.1 Å². The van der Waals surface area contributed by atoms with Gasteiger partial charge in [-0.15, -0.1) is 13.2 Å². The number of benzene rings is 1. The van der Waals surface area contributed by atoms with E-state index in [9.17, 15) is 24.3 Å². The highest BCUT2D eigenvalue weighted by atomic mass is 79.9. The summed E-state index contributed by atoms with van der Waals surface area (Å²) in [6, 6.07) is 7.77. The first-order chi connectivity index (χ1) is 22.1. The van der Waals surface area contributed by atoms with Gasteiger partial charge in [-0.2, -0.15) is 0 Å². The summed E-state index contributed by atoms with van der Waals surface area (Å²) in [7, 11) is 1.69. The zero-order valence-electron chi connectivity index (χ0n) is 27.2. The maximum atomic E-state index is 14.3. The van der Waals surface area contributed by atoms with Gasteiger partial charge in [-0.05, 0) is 38.2 Å². The first-order valence-electron chi connectivity index (χ1n) is 16.3. The third-order valence-corrected chi connectivity index (χ3v) is 10.5. The summed E-state index contributed by atoms with van der Waals surface area (Å²) in [5, 5.41) is 9.66. The molecule has 3 heterocycles. The van der Waals surface area contributed by atoms with E-state index in [0.29, 0.717) is 31.5 Å². The summed E-state index contributed by atoms with van der Waals surface area (Å²) < 4.78 is 12.9. The molecule has 1 aromatic carbocycles. The molecule has 0 aromatic heterocycles. The molecular formula is C35H48BrN3O7. The molecule has 3 amide bonds. The predicted octanol–water partition coefficient (Wildman–Crippen LogP) is 4.03. The standard InChI is InChI=1S/C35H48BrN3O7/c1-6-9-17-26(41)37(5)23(4)29(24-15-12-11-13-16-24)45-34(44)27-28-32(42)39(20-14-21-40)31(35(28)22-25(36)30(27)46-35)33(43)38(18-8-3)19-10-7-2/h6,8,11-13,15-16,23,25,27-31,40H,1,3,7,9-10,14,17-22H2,2,4-5H3/t23-,25?,27-,28+,29+,30-,31-,35+/m1/s1. The molecule has 3 aliphatic rings. The Kier molecular flexibility index (Phi) is 12.2. The Morgan fingerprint density at radius 2 is 1.93 bits per heavy atom. The summed E-state index contributed by atoms with van der Waals surface area (Å²) in [6.45, 7) is 12.2. The van der Waals surface area contributed by atoms with E-state index in [1.807, 2.05) is 44.2 Å². The normalized spacial score (nSPS) is 27.5. The molecule has 252 valence electrons. The molecule has 1 aromatic rings. The van der Waals surface area contributed by atoms with Gasteiger partial charge in [-0.1, -0.05) is 71.8 Å². The number of unbranched alkanes of at least 4 members (excludes halogenated alkanes) is 1. The van der Waals surface area contributed by atoms with Crippen LogP contribution < -0.4 is 0 Å². The van der Waals surface area contributed by atoms with Gasteiger partial charge in [0.25, 0.3) is 0 Å². The number of likely N-dealkylation sites (tertiary alicyclic amines) is 1. The summed E-state index contributed by atoms with van der Waals surface area (Å²) in [5.41, 5.74) is -0.518. The lowest BCUT2D eigenvalue weighted by Gasteiger charge is -2.37. The molecule has 2 bridgehead atoms. The lowest BCUT2D eigenvalue weighted by atomic mass is 9.70. The maximum Gasteiger partial charge on any atom is 0.313 e. The minimum atomic E-state index is -1.23. The predicted molar refractivity (Wildman–Crippen MR) is 178 cm³/mol. The van der Waals surface area contributed by atoms with Crippen molar-refractivity contribution in [1.29, 1.82) is 0 Å². The lowest BCUT2D eigenvalue weighted by Crippen LogP contribution is -2.57. The molecule has 10 nitrogen and oxygen atoms in total. The molecule has 0 saturated carbocycles. The minimum Gasteiger partial charge on any atom is -0.455 e. The molecule has 1 N–H and O–H groups in total. The number of carbonyl (C=O) groups excluding carboxylic acids is 4. The van der Waals surface area contributed by atoms with E-state index >= 15 is 0 Å². The second-order valence-corrected chi connectivity index (χ2v) is 13.7. The van der Waals surface area contributed by atoms with E-state index in [0.717, 1.165) is 12.8 Å². The summed E-state index contributed by atoms with van der Waals surface area (Å²) in [4.78, 5) is 60.4. The molecule has 4 rings (SSSR count). The number of halogens is 1. The average Bonchev–Trinajstić information content (AvgIpc) is 3.65. The van der Waals surface area contributed by atoms with Gasteiger partial charge in [0.05, 0.1) is 24.0 Å². The second-order valence-electron chi connectivity index (χ2n) is 12.5. The van der Waals surface area contributed by atoms with E-state index in [1.54, 1.807) is 29.0 Å². The smallest absolute Gasteiger partial charge is 0.313 e. The van der Waals surface area contributed by atoms with Gasteiger partial charge in [0, 0.05) is 44.5 Å². The molecule has 3 aliphatic heterocycles.